The number of rotatable bonds is 3. The van der Waals surface area contributed by atoms with E-state index in [0.29, 0.717) is 28.5 Å². The summed E-state index contributed by atoms with van der Waals surface area (Å²) < 4.78 is 29.0. The molecule has 0 unspecified atom stereocenters. The molecule has 0 atom stereocenters. The van der Waals surface area contributed by atoms with Gasteiger partial charge in [-0.1, -0.05) is 0 Å². The van der Waals surface area contributed by atoms with Crippen LogP contribution in [0.15, 0.2) is 4.90 Å². The quantitative estimate of drug-likeness (QED) is 0.884. The summed E-state index contributed by atoms with van der Waals surface area (Å²) in [7, 11) is -1.94. The Morgan fingerprint density at radius 2 is 1.79 bits per heavy atom. The lowest BCUT2D eigenvalue weighted by atomic mass is 10.3. The number of hydrogen-bond acceptors (Lipinski definition) is 4. The highest BCUT2D eigenvalue weighted by atomic mass is 32.2. The van der Waals surface area contributed by atoms with Gasteiger partial charge in [-0.15, -0.1) is 0 Å². The maximum atomic E-state index is 12.5. The summed E-state index contributed by atoms with van der Waals surface area (Å²) in [4.78, 5) is 0.218. The minimum Gasteiger partial charge on any atom is -0.280 e. The van der Waals surface area contributed by atoms with Crippen molar-refractivity contribution in [3.63, 3.8) is 0 Å². The monoisotopic (exact) mass is 283 g/mol. The van der Waals surface area contributed by atoms with Crippen LogP contribution in [-0.2, 0) is 17.1 Å². The number of aryl methyl sites for hydroxylation is 4. The first-order chi connectivity index (χ1) is 8.74. The van der Waals surface area contributed by atoms with Crippen LogP contribution in [0.4, 0.5) is 5.69 Å². The summed E-state index contributed by atoms with van der Waals surface area (Å²) >= 11 is 0. The summed E-state index contributed by atoms with van der Waals surface area (Å²) in [6.07, 6.45) is 0. The molecule has 2 rings (SSSR count). The Hall–Kier alpha value is -1.83. The van der Waals surface area contributed by atoms with Crippen molar-refractivity contribution in [2.75, 3.05) is 4.72 Å². The standard InChI is InChI=1S/C11H17N5O2S/c1-6-10(7(2)13-12-6)15-19(17,18)11-8(3)14-16(5)9(11)4/h15H,1-5H3,(H,12,13). The maximum Gasteiger partial charge on any atom is 0.265 e. The van der Waals surface area contributed by atoms with E-state index in [2.05, 4.69) is 20.0 Å². The number of sulfonamides is 1. The molecular formula is C11H17N5O2S. The van der Waals surface area contributed by atoms with E-state index in [4.69, 9.17) is 0 Å². The number of aromatic nitrogens is 4. The molecule has 0 spiro atoms. The second kappa shape index (κ2) is 4.37. The summed E-state index contributed by atoms with van der Waals surface area (Å²) in [6, 6.07) is 0. The third kappa shape index (κ3) is 2.23. The average molecular weight is 283 g/mol. The van der Waals surface area contributed by atoms with E-state index >= 15 is 0 Å². The fourth-order valence-electron chi connectivity index (χ4n) is 2.03. The van der Waals surface area contributed by atoms with Crippen molar-refractivity contribution in [1.29, 1.82) is 0 Å². The van der Waals surface area contributed by atoms with E-state index in [9.17, 15) is 8.42 Å². The van der Waals surface area contributed by atoms with Crippen LogP contribution in [0, 0.1) is 27.7 Å². The van der Waals surface area contributed by atoms with E-state index in [-0.39, 0.29) is 4.90 Å². The molecule has 0 radical (unpaired) electrons. The van der Waals surface area contributed by atoms with Crippen LogP contribution in [0.1, 0.15) is 22.8 Å². The van der Waals surface area contributed by atoms with Gasteiger partial charge in [0.05, 0.1) is 28.5 Å². The Bertz CT molecular complexity index is 707. The molecule has 2 heterocycles. The molecule has 0 aliphatic heterocycles. The molecule has 0 bridgehead atoms. The SMILES string of the molecule is Cc1n[nH]c(C)c1NS(=O)(=O)c1c(C)nn(C)c1C. The molecule has 0 saturated carbocycles. The topological polar surface area (TPSA) is 92.7 Å². The number of hydrogen-bond donors (Lipinski definition) is 2. The molecule has 0 fully saturated rings. The van der Waals surface area contributed by atoms with Gasteiger partial charge >= 0.3 is 0 Å². The minimum atomic E-state index is -3.66. The van der Waals surface area contributed by atoms with Gasteiger partial charge in [-0.05, 0) is 27.7 Å². The smallest absolute Gasteiger partial charge is 0.265 e. The number of aromatic amines is 1. The molecule has 0 saturated heterocycles. The molecule has 104 valence electrons. The van der Waals surface area contributed by atoms with E-state index in [1.807, 2.05) is 0 Å². The minimum absolute atomic E-state index is 0.218. The van der Waals surface area contributed by atoms with Crippen molar-refractivity contribution in [3.05, 3.63) is 22.8 Å². The second-order valence-electron chi connectivity index (χ2n) is 4.54. The van der Waals surface area contributed by atoms with Crippen molar-refractivity contribution in [1.82, 2.24) is 20.0 Å². The maximum absolute atomic E-state index is 12.5. The van der Waals surface area contributed by atoms with Crippen molar-refractivity contribution in [2.45, 2.75) is 32.6 Å². The fraction of sp³-hybridized carbons (Fsp3) is 0.455. The first-order valence-electron chi connectivity index (χ1n) is 5.78. The van der Waals surface area contributed by atoms with E-state index in [1.54, 1.807) is 39.4 Å². The Morgan fingerprint density at radius 3 is 2.21 bits per heavy atom. The second-order valence-corrected chi connectivity index (χ2v) is 6.16. The third-order valence-corrected chi connectivity index (χ3v) is 4.68. The Morgan fingerprint density at radius 1 is 1.16 bits per heavy atom. The van der Waals surface area contributed by atoms with Gasteiger partial charge in [-0.25, -0.2) is 8.42 Å². The summed E-state index contributed by atoms with van der Waals surface area (Å²) in [5.41, 5.74) is 2.86. The number of nitrogens with zero attached hydrogens (tertiary/aromatic N) is 3. The lowest BCUT2D eigenvalue weighted by Gasteiger charge is -2.08. The predicted octanol–water partition coefficient (Wildman–Crippen LogP) is 1.18. The first kappa shape index (κ1) is 13.6. The Balaban J connectivity index is 2.50. The molecule has 2 N–H and O–H groups in total. The van der Waals surface area contributed by atoms with Gasteiger partial charge in [0, 0.05) is 7.05 Å². The highest BCUT2D eigenvalue weighted by molar-refractivity contribution is 7.92. The molecule has 2 aromatic rings. The highest BCUT2D eigenvalue weighted by Crippen LogP contribution is 2.24. The van der Waals surface area contributed by atoms with Crippen molar-refractivity contribution in [3.8, 4) is 0 Å². The van der Waals surface area contributed by atoms with Gasteiger partial charge in [0.1, 0.15) is 4.90 Å². The van der Waals surface area contributed by atoms with Gasteiger partial charge < -0.3 is 0 Å². The van der Waals surface area contributed by atoms with Crippen molar-refractivity contribution >= 4 is 15.7 Å². The highest BCUT2D eigenvalue weighted by Gasteiger charge is 2.25. The Labute approximate surface area is 112 Å². The molecular weight excluding hydrogens is 266 g/mol. The van der Waals surface area contributed by atoms with Crippen LogP contribution in [0.2, 0.25) is 0 Å². The fourth-order valence-corrected chi connectivity index (χ4v) is 3.65. The normalized spacial score (nSPS) is 11.8. The van der Waals surface area contributed by atoms with Crippen molar-refractivity contribution < 1.29 is 8.42 Å². The van der Waals surface area contributed by atoms with E-state index in [0.717, 1.165) is 0 Å². The molecule has 19 heavy (non-hydrogen) atoms. The molecule has 0 aliphatic carbocycles. The van der Waals surface area contributed by atoms with E-state index in [1.165, 1.54) is 0 Å². The molecule has 7 nitrogen and oxygen atoms in total. The van der Waals surface area contributed by atoms with Crippen molar-refractivity contribution in [2.24, 2.45) is 7.05 Å². The third-order valence-electron chi connectivity index (χ3n) is 3.08. The first-order valence-corrected chi connectivity index (χ1v) is 7.27. The molecule has 8 heteroatoms. The average Bonchev–Trinajstić information content (AvgIpc) is 2.73. The molecule has 0 amide bonds. The van der Waals surface area contributed by atoms with Gasteiger partial charge in [-0.2, -0.15) is 10.2 Å². The number of H-pyrrole nitrogens is 1. The van der Waals surface area contributed by atoms with Crippen LogP contribution in [0.3, 0.4) is 0 Å². The van der Waals surface area contributed by atoms with Gasteiger partial charge in [0.2, 0.25) is 0 Å². The zero-order valence-electron chi connectivity index (χ0n) is 11.6. The number of nitrogens with one attached hydrogen (secondary N) is 2. The zero-order valence-corrected chi connectivity index (χ0v) is 12.4. The lowest BCUT2D eigenvalue weighted by molar-refractivity contribution is 0.599. The van der Waals surface area contributed by atoms with Gasteiger partial charge in [0.25, 0.3) is 10.0 Å². The summed E-state index contributed by atoms with van der Waals surface area (Å²) in [5, 5.41) is 10.8. The van der Waals surface area contributed by atoms with Gasteiger partial charge in [-0.3, -0.25) is 14.5 Å². The number of anilines is 1. The molecule has 2 aromatic heterocycles. The summed E-state index contributed by atoms with van der Waals surface area (Å²) in [6.45, 7) is 6.91. The van der Waals surface area contributed by atoms with Crippen LogP contribution in [0.25, 0.3) is 0 Å². The zero-order chi connectivity index (χ0) is 14.4. The largest absolute Gasteiger partial charge is 0.280 e. The van der Waals surface area contributed by atoms with Gasteiger partial charge in [0.15, 0.2) is 0 Å². The molecule has 0 aromatic carbocycles. The lowest BCUT2D eigenvalue weighted by Crippen LogP contribution is -2.15. The van der Waals surface area contributed by atoms with Crippen LogP contribution < -0.4 is 4.72 Å². The summed E-state index contributed by atoms with van der Waals surface area (Å²) in [5.74, 6) is 0. The van der Waals surface area contributed by atoms with E-state index < -0.39 is 10.0 Å². The van der Waals surface area contributed by atoms with Crippen LogP contribution >= 0.6 is 0 Å². The molecule has 0 aliphatic rings. The van der Waals surface area contributed by atoms with Crippen LogP contribution in [-0.4, -0.2) is 28.4 Å². The predicted molar refractivity (Wildman–Crippen MR) is 71.6 cm³/mol. The van der Waals surface area contributed by atoms with Crippen LogP contribution in [0.5, 0.6) is 0 Å². The Kier molecular flexibility index (Phi) is 3.13.